The Morgan fingerprint density at radius 1 is 1.13 bits per heavy atom. The molecule has 1 heterocycles. The molecule has 6 nitrogen and oxygen atoms in total. The van der Waals surface area contributed by atoms with Crippen LogP contribution in [0.1, 0.15) is 29.3 Å². The Bertz CT molecular complexity index is 1090. The SMILES string of the molecule is CCn1cc(C=C(NC(=O)c2ccccc2F)C(=O)NCCCO)c2ccccc21. The van der Waals surface area contributed by atoms with Crippen molar-refractivity contribution in [1.29, 1.82) is 0 Å². The molecule has 0 atom stereocenters. The quantitative estimate of drug-likeness (QED) is 0.395. The molecule has 3 rings (SSSR count). The van der Waals surface area contributed by atoms with Crippen molar-refractivity contribution in [1.82, 2.24) is 15.2 Å². The van der Waals surface area contributed by atoms with Gasteiger partial charge in [0, 0.05) is 42.4 Å². The normalized spacial score (nSPS) is 11.5. The standard InChI is InChI=1S/C23H24FN3O3/c1-2-27-15-16(17-8-4-6-11-21(17)27)14-20(23(30)25-12-7-13-28)26-22(29)18-9-3-5-10-19(18)24/h3-6,8-11,14-15,28H,2,7,12-13H2,1H3,(H,25,30)(H,26,29). The first-order valence-electron chi connectivity index (χ1n) is 9.79. The molecule has 0 aliphatic heterocycles. The molecule has 0 saturated carbocycles. The van der Waals surface area contributed by atoms with Gasteiger partial charge in [-0.25, -0.2) is 4.39 Å². The lowest BCUT2D eigenvalue weighted by molar-refractivity contribution is -0.117. The van der Waals surface area contributed by atoms with E-state index in [0.717, 1.165) is 23.0 Å². The minimum absolute atomic E-state index is 0.000184. The molecule has 1 aromatic heterocycles. The molecule has 156 valence electrons. The Morgan fingerprint density at radius 3 is 2.60 bits per heavy atom. The maximum atomic E-state index is 14.0. The number of amides is 2. The van der Waals surface area contributed by atoms with Crippen molar-refractivity contribution < 1.29 is 19.1 Å². The summed E-state index contributed by atoms with van der Waals surface area (Å²) >= 11 is 0. The van der Waals surface area contributed by atoms with Gasteiger partial charge in [-0.1, -0.05) is 30.3 Å². The molecule has 2 aromatic carbocycles. The van der Waals surface area contributed by atoms with E-state index in [-0.39, 0.29) is 24.4 Å². The summed E-state index contributed by atoms with van der Waals surface area (Å²) in [6, 6.07) is 13.3. The summed E-state index contributed by atoms with van der Waals surface area (Å²) in [5.41, 5.74) is 1.61. The average molecular weight is 409 g/mol. The van der Waals surface area contributed by atoms with Gasteiger partial charge in [0.15, 0.2) is 0 Å². The molecule has 2 amide bonds. The molecule has 0 radical (unpaired) electrons. The van der Waals surface area contributed by atoms with Crippen molar-refractivity contribution in [2.24, 2.45) is 0 Å². The highest BCUT2D eigenvalue weighted by Gasteiger charge is 2.18. The van der Waals surface area contributed by atoms with E-state index < -0.39 is 17.6 Å². The maximum Gasteiger partial charge on any atom is 0.267 e. The minimum Gasteiger partial charge on any atom is -0.396 e. The van der Waals surface area contributed by atoms with E-state index >= 15 is 0 Å². The molecule has 0 bridgehead atoms. The van der Waals surface area contributed by atoms with Crippen LogP contribution in [-0.2, 0) is 11.3 Å². The Morgan fingerprint density at radius 2 is 1.87 bits per heavy atom. The van der Waals surface area contributed by atoms with Crippen LogP contribution in [0.5, 0.6) is 0 Å². The van der Waals surface area contributed by atoms with Gasteiger partial charge in [0.25, 0.3) is 11.8 Å². The zero-order chi connectivity index (χ0) is 21.5. The molecule has 0 unspecified atom stereocenters. The van der Waals surface area contributed by atoms with Crippen LogP contribution in [0.15, 0.2) is 60.4 Å². The summed E-state index contributed by atoms with van der Waals surface area (Å²) in [6.45, 7) is 2.94. The predicted octanol–water partition coefficient (Wildman–Crippen LogP) is 3.07. The second-order valence-electron chi connectivity index (χ2n) is 6.71. The fraction of sp³-hybridized carbons (Fsp3) is 0.217. The number of aliphatic hydroxyl groups excluding tert-OH is 1. The Kier molecular flexibility index (Phi) is 6.98. The molecular formula is C23H24FN3O3. The van der Waals surface area contributed by atoms with Gasteiger partial charge in [-0.2, -0.15) is 0 Å². The molecule has 3 aromatic rings. The van der Waals surface area contributed by atoms with E-state index in [1.165, 1.54) is 18.2 Å². The third-order valence-electron chi connectivity index (χ3n) is 4.69. The van der Waals surface area contributed by atoms with Crippen molar-refractivity contribution in [2.45, 2.75) is 19.9 Å². The summed E-state index contributed by atoms with van der Waals surface area (Å²) < 4.78 is 16.1. The largest absolute Gasteiger partial charge is 0.396 e. The van der Waals surface area contributed by atoms with Gasteiger partial charge in [-0.05, 0) is 37.6 Å². The summed E-state index contributed by atoms with van der Waals surface area (Å²) in [6.07, 6.45) is 3.87. The van der Waals surface area contributed by atoms with Gasteiger partial charge in [0.05, 0.1) is 5.56 Å². The van der Waals surface area contributed by atoms with E-state index in [0.29, 0.717) is 6.42 Å². The lowest BCUT2D eigenvalue weighted by atomic mass is 10.1. The molecular weight excluding hydrogens is 385 g/mol. The number of aryl methyl sites for hydroxylation is 1. The van der Waals surface area contributed by atoms with Crippen LogP contribution in [0, 0.1) is 5.82 Å². The number of benzene rings is 2. The van der Waals surface area contributed by atoms with Crippen LogP contribution in [0.25, 0.3) is 17.0 Å². The van der Waals surface area contributed by atoms with Gasteiger partial charge in [0.1, 0.15) is 11.5 Å². The molecule has 0 spiro atoms. The number of para-hydroxylation sites is 1. The molecule has 0 saturated heterocycles. The van der Waals surface area contributed by atoms with E-state index in [9.17, 15) is 14.0 Å². The van der Waals surface area contributed by atoms with Crippen molar-refractivity contribution in [3.8, 4) is 0 Å². The number of aromatic nitrogens is 1. The zero-order valence-corrected chi connectivity index (χ0v) is 16.7. The van der Waals surface area contributed by atoms with Crippen LogP contribution >= 0.6 is 0 Å². The lowest BCUT2D eigenvalue weighted by Crippen LogP contribution is -2.35. The van der Waals surface area contributed by atoms with Crippen LogP contribution in [0.4, 0.5) is 4.39 Å². The maximum absolute atomic E-state index is 14.0. The average Bonchev–Trinajstić information content (AvgIpc) is 3.11. The number of aliphatic hydroxyl groups is 1. The number of nitrogens with zero attached hydrogens (tertiary/aromatic N) is 1. The highest BCUT2D eigenvalue weighted by atomic mass is 19.1. The molecule has 3 N–H and O–H groups in total. The molecule has 0 fully saturated rings. The molecule has 0 aliphatic carbocycles. The lowest BCUT2D eigenvalue weighted by Gasteiger charge is -2.11. The number of rotatable bonds is 8. The zero-order valence-electron chi connectivity index (χ0n) is 16.7. The first kappa shape index (κ1) is 21.3. The van der Waals surface area contributed by atoms with Crippen molar-refractivity contribution in [3.63, 3.8) is 0 Å². The smallest absolute Gasteiger partial charge is 0.267 e. The molecule has 7 heteroatoms. The van der Waals surface area contributed by atoms with Crippen LogP contribution in [0.3, 0.4) is 0 Å². The second-order valence-corrected chi connectivity index (χ2v) is 6.71. The van der Waals surface area contributed by atoms with Gasteiger partial charge in [-0.15, -0.1) is 0 Å². The summed E-state index contributed by atoms with van der Waals surface area (Å²) in [7, 11) is 0. The number of hydrogen-bond acceptors (Lipinski definition) is 3. The third kappa shape index (κ3) is 4.75. The topological polar surface area (TPSA) is 83.4 Å². The number of hydrogen-bond donors (Lipinski definition) is 3. The predicted molar refractivity (Wildman–Crippen MR) is 114 cm³/mol. The first-order chi connectivity index (χ1) is 14.5. The number of nitrogens with one attached hydrogen (secondary N) is 2. The van der Waals surface area contributed by atoms with Crippen LogP contribution in [0.2, 0.25) is 0 Å². The summed E-state index contributed by atoms with van der Waals surface area (Å²) in [5.74, 6) is -1.89. The van der Waals surface area contributed by atoms with Crippen molar-refractivity contribution in [2.75, 3.05) is 13.2 Å². The summed E-state index contributed by atoms with van der Waals surface area (Å²) in [5, 5.41) is 15.1. The van der Waals surface area contributed by atoms with E-state index in [1.54, 1.807) is 12.1 Å². The highest BCUT2D eigenvalue weighted by Crippen LogP contribution is 2.23. The van der Waals surface area contributed by atoms with Gasteiger partial charge < -0.3 is 20.3 Å². The number of fused-ring (bicyclic) bond motifs is 1. The van der Waals surface area contributed by atoms with Gasteiger partial charge in [0.2, 0.25) is 0 Å². The number of carbonyl (C=O) groups is 2. The summed E-state index contributed by atoms with van der Waals surface area (Å²) in [4.78, 5) is 25.3. The third-order valence-corrected chi connectivity index (χ3v) is 4.69. The fourth-order valence-electron chi connectivity index (χ4n) is 3.18. The van der Waals surface area contributed by atoms with E-state index in [2.05, 4.69) is 10.6 Å². The fourth-order valence-corrected chi connectivity index (χ4v) is 3.18. The van der Waals surface area contributed by atoms with Crippen LogP contribution < -0.4 is 10.6 Å². The second kappa shape index (κ2) is 9.84. The van der Waals surface area contributed by atoms with Gasteiger partial charge in [-0.3, -0.25) is 9.59 Å². The monoisotopic (exact) mass is 409 g/mol. The number of carbonyl (C=O) groups excluding carboxylic acids is 2. The first-order valence-corrected chi connectivity index (χ1v) is 9.79. The molecule has 30 heavy (non-hydrogen) atoms. The van der Waals surface area contributed by atoms with Crippen molar-refractivity contribution >= 4 is 28.8 Å². The van der Waals surface area contributed by atoms with Crippen molar-refractivity contribution in [3.05, 3.63) is 77.4 Å². The highest BCUT2D eigenvalue weighted by molar-refractivity contribution is 6.06. The Hall–Kier alpha value is -3.45. The number of halogens is 1. The van der Waals surface area contributed by atoms with E-state index in [1.807, 2.05) is 42.0 Å². The van der Waals surface area contributed by atoms with E-state index in [4.69, 9.17) is 5.11 Å². The Balaban J connectivity index is 1.98. The van der Waals surface area contributed by atoms with Gasteiger partial charge >= 0.3 is 0 Å². The molecule has 0 aliphatic rings. The minimum atomic E-state index is -0.712. The van der Waals surface area contributed by atoms with Crippen LogP contribution in [-0.4, -0.2) is 34.6 Å². The Labute approximate surface area is 174 Å².